The van der Waals surface area contributed by atoms with Gasteiger partial charge in [0.1, 0.15) is 0 Å². The number of benzene rings is 1. The van der Waals surface area contributed by atoms with E-state index < -0.39 is 5.92 Å². The summed E-state index contributed by atoms with van der Waals surface area (Å²) in [6.07, 6.45) is 3.84. The molecule has 0 aromatic heterocycles. The summed E-state index contributed by atoms with van der Waals surface area (Å²) in [7, 11) is 0. The normalized spacial score (nSPS) is 17.6. The zero-order chi connectivity index (χ0) is 14.8. The van der Waals surface area contributed by atoms with Crippen molar-refractivity contribution >= 4 is 11.8 Å². The fourth-order valence-corrected chi connectivity index (χ4v) is 2.39. The Morgan fingerprint density at radius 3 is 2.55 bits per heavy atom. The Morgan fingerprint density at radius 2 is 1.95 bits per heavy atom. The molecule has 0 N–H and O–H groups in total. The second-order valence-electron chi connectivity index (χ2n) is 4.58. The first-order valence-corrected chi connectivity index (χ1v) is 6.60. The zero-order valence-corrected chi connectivity index (χ0v) is 11.5. The minimum absolute atomic E-state index is 0.0362. The van der Waals surface area contributed by atoms with Gasteiger partial charge in [0, 0.05) is 36.0 Å². The Kier molecular flexibility index (Phi) is 3.89. The van der Waals surface area contributed by atoms with E-state index in [4.69, 9.17) is 5.26 Å². The summed E-state index contributed by atoms with van der Waals surface area (Å²) in [5.41, 5.74) is 0.983. The van der Waals surface area contributed by atoms with Crippen LogP contribution in [-0.2, 0) is 5.92 Å². The zero-order valence-electron chi connectivity index (χ0n) is 11.5. The van der Waals surface area contributed by atoms with Gasteiger partial charge in [0.05, 0.1) is 6.07 Å². The van der Waals surface area contributed by atoms with Gasteiger partial charge >= 0.3 is 0 Å². The van der Waals surface area contributed by atoms with Crippen LogP contribution in [0.2, 0.25) is 0 Å². The molecule has 0 unspecified atom stereocenters. The van der Waals surface area contributed by atoms with Crippen LogP contribution in [0.4, 0.5) is 14.5 Å². The molecular weight excluding hydrogens is 258 g/mol. The average Bonchev–Trinajstić information content (AvgIpc) is 2.44. The van der Waals surface area contributed by atoms with Crippen molar-refractivity contribution < 1.29 is 8.78 Å². The van der Waals surface area contributed by atoms with Gasteiger partial charge in [-0.2, -0.15) is 14.0 Å². The molecule has 1 aromatic rings. The van der Waals surface area contributed by atoms with Gasteiger partial charge in [-0.1, -0.05) is 18.2 Å². The molecule has 0 atom stereocenters. The Bertz CT molecular complexity index is 605. The monoisotopic (exact) mass is 274 g/mol. The first kappa shape index (κ1) is 14.3. The second-order valence-corrected chi connectivity index (χ2v) is 4.58. The SMILES string of the molecule is CCN(CC)c1ccc2c(c1)C(F)(F)/C(=C/C#N)C=C2. The Labute approximate surface area is 117 Å². The van der Waals surface area contributed by atoms with Crippen LogP contribution in [0.15, 0.2) is 35.9 Å². The molecule has 1 aromatic carbocycles. The molecular formula is C16H16F2N2. The fourth-order valence-electron chi connectivity index (χ4n) is 2.39. The molecule has 0 bridgehead atoms. The maximum Gasteiger partial charge on any atom is 0.299 e. The minimum Gasteiger partial charge on any atom is -0.372 e. The summed E-state index contributed by atoms with van der Waals surface area (Å²) in [5.74, 6) is -3.12. The molecule has 0 saturated carbocycles. The lowest BCUT2D eigenvalue weighted by Gasteiger charge is -2.27. The highest BCUT2D eigenvalue weighted by molar-refractivity contribution is 5.68. The van der Waals surface area contributed by atoms with Gasteiger partial charge < -0.3 is 4.90 Å². The lowest BCUT2D eigenvalue weighted by atomic mass is 9.89. The summed E-state index contributed by atoms with van der Waals surface area (Å²) >= 11 is 0. The lowest BCUT2D eigenvalue weighted by Crippen LogP contribution is -2.24. The van der Waals surface area contributed by atoms with Gasteiger partial charge in [-0.05, 0) is 31.5 Å². The van der Waals surface area contributed by atoms with Gasteiger partial charge in [-0.15, -0.1) is 0 Å². The molecule has 104 valence electrons. The van der Waals surface area contributed by atoms with Crippen molar-refractivity contribution in [3.63, 3.8) is 0 Å². The third kappa shape index (κ3) is 2.32. The van der Waals surface area contributed by atoms with Gasteiger partial charge in [0.25, 0.3) is 5.92 Å². The number of anilines is 1. The highest BCUT2D eigenvalue weighted by Gasteiger charge is 2.39. The van der Waals surface area contributed by atoms with Crippen molar-refractivity contribution in [1.29, 1.82) is 5.26 Å². The number of alkyl halides is 2. The smallest absolute Gasteiger partial charge is 0.299 e. The molecule has 2 nitrogen and oxygen atoms in total. The fraction of sp³-hybridized carbons (Fsp3) is 0.312. The number of allylic oxidation sites excluding steroid dienone is 3. The highest BCUT2D eigenvalue weighted by atomic mass is 19.3. The molecule has 1 aliphatic rings. The molecule has 20 heavy (non-hydrogen) atoms. The van der Waals surface area contributed by atoms with Crippen molar-refractivity contribution in [2.75, 3.05) is 18.0 Å². The third-order valence-electron chi connectivity index (χ3n) is 3.53. The van der Waals surface area contributed by atoms with Gasteiger partial charge in [0.2, 0.25) is 0 Å². The number of nitrogens with zero attached hydrogens (tertiary/aromatic N) is 2. The second kappa shape index (κ2) is 5.46. The Morgan fingerprint density at radius 1 is 1.25 bits per heavy atom. The molecule has 0 spiro atoms. The van der Waals surface area contributed by atoms with E-state index >= 15 is 0 Å². The summed E-state index contributed by atoms with van der Waals surface area (Å²) in [6, 6.07) is 6.76. The van der Waals surface area contributed by atoms with E-state index in [-0.39, 0.29) is 11.1 Å². The molecule has 0 amide bonds. The number of halogens is 2. The standard InChI is InChI=1S/C16H16F2N2/c1-3-20(4-2)14-8-6-12-5-7-13(9-10-19)16(17,18)15(12)11-14/h5-9,11H,3-4H2,1-2H3/b13-9+. The summed E-state index contributed by atoms with van der Waals surface area (Å²) in [4.78, 5) is 2.02. The maximum atomic E-state index is 14.4. The average molecular weight is 274 g/mol. The van der Waals surface area contributed by atoms with Crippen LogP contribution < -0.4 is 4.90 Å². The van der Waals surface area contributed by atoms with Crippen LogP contribution in [0.3, 0.4) is 0 Å². The minimum atomic E-state index is -3.12. The van der Waals surface area contributed by atoms with Crippen molar-refractivity contribution in [2.24, 2.45) is 0 Å². The van der Waals surface area contributed by atoms with Crippen LogP contribution in [-0.4, -0.2) is 13.1 Å². The lowest BCUT2D eigenvalue weighted by molar-refractivity contribution is 0.0410. The summed E-state index contributed by atoms with van der Waals surface area (Å²) in [6.45, 7) is 5.50. The number of hydrogen-bond acceptors (Lipinski definition) is 2. The molecule has 4 heteroatoms. The van der Waals surface area contributed by atoms with Crippen LogP contribution in [0, 0.1) is 11.3 Å². The molecule has 0 heterocycles. The largest absolute Gasteiger partial charge is 0.372 e. The summed E-state index contributed by atoms with van der Waals surface area (Å²) in [5, 5.41) is 8.62. The maximum absolute atomic E-state index is 14.4. The van der Waals surface area contributed by atoms with Gasteiger partial charge in [0.15, 0.2) is 0 Å². The predicted octanol–water partition coefficient (Wildman–Crippen LogP) is 4.10. The van der Waals surface area contributed by atoms with E-state index in [2.05, 4.69) is 0 Å². The van der Waals surface area contributed by atoms with Crippen LogP contribution >= 0.6 is 0 Å². The first-order chi connectivity index (χ1) is 9.54. The molecule has 1 aliphatic carbocycles. The van der Waals surface area contributed by atoms with E-state index in [1.165, 1.54) is 12.1 Å². The van der Waals surface area contributed by atoms with E-state index in [9.17, 15) is 8.78 Å². The van der Waals surface area contributed by atoms with Crippen LogP contribution in [0.5, 0.6) is 0 Å². The topological polar surface area (TPSA) is 27.0 Å². The van der Waals surface area contributed by atoms with Crippen LogP contribution in [0.1, 0.15) is 25.0 Å². The van der Waals surface area contributed by atoms with E-state index in [0.29, 0.717) is 5.56 Å². The first-order valence-electron chi connectivity index (χ1n) is 6.60. The molecule has 0 fully saturated rings. The Balaban J connectivity index is 2.54. The van der Waals surface area contributed by atoms with E-state index in [0.717, 1.165) is 24.9 Å². The molecule has 0 saturated heterocycles. The van der Waals surface area contributed by atoms with Crippen molar-refractivity contribution in [1.82, 2.24) is 0 Å². The van der Waals surface area contributed by atoms with Gasteiger partial charge in [-0.25, -0.2) is 0 Å². The highest BCUT2D eigenvalue weighted by Crippen LogP contribution is 2.43. The van der Waals surface area contributed by atoms with Crippen molar-refractivity contribution in [3.05, 3.63) is 47.1 Å². The quantitative estimate of drug-likeness (QED) is 0.776. The molecule has 2 rings (SSSR count). The van der Waals surface area contributed by atoms with Crippen LogP contribution in [0.25, 0.3) is 6.08 Å². The van der Waals surface area contributed by atoms with Crippen molar-refractivity contribution in [2.45, 2.75) is 19.8 Å². The molecule has 0 radical (unpaired) electrons. The summed E-state index contributed by atoms with van der Waals surface area (Å²) < 4.78 is 28.8. The predicted molar refractivity (Wildman–Crippen MR) is 76.6 cm³/mol. The number of fused-ring (bicyclic) bond motifs is 1. The van der Waals surface area contributed by atoms with E-state index in [1.807, 2.05) is 24.8 Å². The van der Waals surface area contributed by atoms with Crippen molar-refractivity contribution in [3.8, 4) is 6.07 Å². The molecule has 0 aliphatic heterocycles. The van der Waals surface area contributed by atoms with E-state index in [1.54, 1.807) is 18.2 Å². The third-order valence-corrected chi connectivity index (χ3v) is 3.53. The Hall–Kier alpha value is -2.15. The number of rotatable bonds is 3. The number of hydrogen-bond donors (Lipinski definition) is 0. The number of nitriles is 1. The van der Waals surface area contributed by atoms with Gasteiger partial charge in [-0.3, -0.25) is 0 Å².